The van der Waals surface area contributed by atoms with Gasteiger partial charge >= 0.3 is 23.9 Å². The van der Waals surface area contributed by atoms with E-state index in [1.54, 1.807) is 66.7 Å². The van der Waals surface area contributed by atoms with Crippen LogP contribution in [0.5, 0.6) is 0 Å². The molecule has 0 aromatic heterocycles. The highest BCUT2D eigenvalue weighted by Gasteiger charge is 2.22. The van der Waals surface area contributed by atoms with Gasteiger partial charge in [-0.25, -0.2) is 9.59 Å². The maximum Gasteiger partial charge on any atom is 0.347 e. The van der Waals surface area contributed by atoms with E-state index in [2.05, 4.69) is 4.74 Å². The SMILES string of the molecule is O=C(O)CC(=O)OC(=O)[C@H](O)c1ccccc1.O=C(O)c1ccccc1.O=S(=O)(O)c1ccccc1. The average Bonchev–Trinajstić information content (AvgIpc) is 2.85. The molecule has 0 aliphatic heterocycles. The van der Waals surface area contributed by atoms with Crippen molar-refractivity contribution in [2.24, 2.45) is 0 Å². The van der Waals surface area contributed by atoms with Gasteiger partial charge in [-0.05, 0) is 29.8 Å². The number of benzene rings is 3. The molecule has 1 atom stereocenters. The van der Waals surface area contributed by atoms with Gasteiger partial charge in [-0.15, -0.1) is 0 Å². The minimum atomic E-state index is -4.00. The number of hydrogen-bond acceptors (Lipinski definition) is 8. The van der Waals surface area contributed by atoms with Crippen molar-refractivity contribution in [3.8, 4) is 0 Å². The van der Waals surface area contributed by atoms with Crippen molar-refractivity contribution < 1.29 is 52.2 Å². The Bertz CT molecular complexity index is 1240. The van der Waals surface area contributed by atoms with Gasteiger partial charge in [-0.1, -0.05) is 66.7 Å². The Morgan fingerprint density at radius 3 is 1.56 bits per heavy atom. The van der Waals surface area contributed by atoms with E-state index in [0.717, 1.165) is 0 Å². The van der Waals surface area contributed by atoms with Gasteiger partial charge < -0.3 is 20.1 Å². The number of aliphatic hydroxyl groups excluding tert-OH is 1. The summed E-state index contributed by atoms with van der Waals surface area (Å²) in [5, 5.41) is 26.2. The number of hydrogen-bond donors (Lipinski definition) is 4. The minimum Gasteiger partial charge on any atom is -0.481 e. The molecule has 0 fully saturated rings. The zero-order valence-corrected chi connectivity index (χ0v) is 19.3. The van der Waals surface area contributed by atoms with E-state index in [4.69, 9.17) is 14.8 Å². The van der Waals surface area contributed by atoms with E-state index in [1.807, 2.05) is 0 Å². The Kier molecular flexibility index (Phi) is 12.2. The third-order valence-electron chi connectivity index (χ3n) is 3.91. The van der Waals surface area contributed by atoms with E-state index in [1.165, 1.54) is 24.3 Å². The summed E-state index contributed by atoms with van der Waals surface area (Å²) in [6.45, 7) is 0. The van der Waals surface area contributed by atoms with Crippen molar-refractivity contribution in [2.75, 3.05) is 0 Å². The first-order valence-electron chi connectivity index (χ1n) is 9.92. The van der Waals surface area contributed by atoms with E-state index >= 15 is 0 Å². The molecule has 0 saturated carbocycles. The van der Waals surface area contributed by atoms with Crippen LogP contribution < -0.4 is 0 Å². The molecule has 0 saturated heterocycles. The molecule has 0 heterocycles. The standard InChI is InChI=1S/C11H10O6.C7H6O2.C6H6O3S/c12-8(13)6-9(14)17-11(16)10(15)7-4-2-1-3-5-7;8-7(9)6-4-2-1-3-5-6;7-10(8,9)6-4-2-1-3-5-6/h1-5,10,15H,6H2,(H,12,13);1-5H,(H,8,9);1-5H,(H,7,8,9)/t10-;;/m1../s1. The Hall–Kier alpha value is -4.39. The van der Waals surface area contributed by atoms with E-state index in [-0.39, 0.29) is 10.5 Å². The maximum absolute atomic E-state index is 11.2. The molecule has 0 amide bonds. The van der Waals surface area contributed by atoms with Crippen LogP contribution in [-0.4, -0.2) is 52.2 Å². The molecule has 3 aromatic carbocycles. The molecule has 0 radical (unpaired) electrons. The van der Waals surface area contributed by atoms with Gasteiger partial charge in [-0.3, -0.25) is 14.1 Å². The second-order valence-corrected chi connectivity index (χ2v) is 8.06. The van der Waals surface area contributed by atoms with Crippen molar-refractivity contribution in [1.29, 1.82) is 0 Å². The Morgan fingerprint density at radius 2 is 1.19 bits per heavy atom. The summed E-state index contributed by atoms with van der Waals surface area (Å²) < 4.78 is 33.4. The summed E-state index contributed by atoms with van der Waals surface area (Å²) in [5.74, 6) is -4.69. The second kappa shape index (κ2) is 14.8. The molecule has 0 aliphatic rings. The van der Waals surface area contributed by atoms with E-state index < -0.39 is 46.5 Å². The van der Waals surface area contributed by atoms with Gasteiger partial charge in [0.1, 0.15) is 6.42 Å². The van der Waals surface area contributed by atoms with Crippen LogP contribution in [0.15, 0.2) is 95.9 Å². The van der Waals surface area contributed by atoms with Crippen molar-refractivity contribution >= 4 is 34.0 Å². The molecular weight excluding hydrogens is 496 g/mol. The predicted molar refractivity (Wildman–Crippen MR) is 124 cm³/mol. The highest BCUT2D eigenvalue weighted by atomic mass is 32.2. The highest BCUT2D eigenvalue weighted by Crippen LogP contribution is 2.13. The lowest BCUT2D eigenvalue weighted by atomic mass is 10.1. The van der Waals surface area contributed by atoms with Crippen molar-refractivity contribution in [2.45, 2.75) is 17.4 Å². The number of carbonyl (C=O) groups excluding carboxylic acids is 2. The zero-order chi connectivity index (χ0) is 27.1. The lowest BCUT2D eigenvalue weighted by Gasteiger charge is -2.08. The van der Waals surface area contributed by atoms with E-state index in [0.29, 0.717) is 5.56 Å². The molecular formula is C24H22O11S. The number of esters is 2. The fourth-order valence-electron chi connectivity index (χ4n) is 2.27. The molecule has 190 valence electrons. The largest absolute Gasteiger partial charge is 0.481 e. The Morgan fingerprint density at radius 1 is 0.750 bits per heavy atom. The van der Waals surface area contributed by atoms with Crippen LogP contribution in [0.1, 0.15) is 28.4 Å². The highest BCUT2D eigenvalue weighted by molar-refractivity contribution is 7.85. The number of rotatable bonds is 6. The zero-order valence-electron chi connectivity index (χ0n) is 18.5. The fraction of sp³-hybridized carbons (Fsp3) is 0.0833. The third-order valence-corrected chi connectivity index (χ3v) is 4.78. The summed E-state index contributed by atoms with van der Waals surface area (Å²) in [7, 11) is -4.00. The fourth-order valence-corrected chi connectivity index (χ4v) is 2.77. The minimum absolute atomic E-state index is 0.0741. The first-order chi connectivity index (χ1) is 16.9. The Balaban J connectivity index is 0.000000290. The van der Waals surface area contributed by atoms with Crippen molar-refractivity contribution in [1.82, 2.24) is 0 Å². The quantitative estimate of drug-likeness (QED) is 0.213. The smallest absolute Gasteiger partial charge is 0.347 e. The molecule has 36 heavy (non-hydrogen) atoms. The summed E-state index contributed by atoms with van der Waals surface area (Å²) >= 11 is 0. The predicted octanol–water partition coefficient (Wildman–Crippen LogP) is 2.58. The number of ether oxygens (including phenoxy) is 1. The molecule has 12 heteroatoms. The Labute approximate surface area is 206 Å². The van der Waals surface area contributed by atoms with Crippen LogP contribution in [0.25, 0.3) is 0 Å². The van der Waals surface area contributed by atoms with Gasteiger partial charge in [0.05, 0.1) is 10.5 Å². The summed E-state index contributed by atoms with van der Waals surface area (Å²) in [6.07, 6.45) is -2.53. The molecule has 0 bridgehead atoms. The molecule has 4 N–H and O–H groups in total. The molecule has 0 spiro atoms. The van der Waals surface area contributed by atoms with Crippen LogP contribution >= 0.6 is 0 Å². The summed E-state index contributed by atoms with van der Waals surface area (Å²) in [4.78, 5) is 42.4. The monoisotopic (exact) mass is 518 g/mol. The molecule has 0 aliphatic carbocycles. The number of carbonyl (C=O) groups is 4. The average molecular weight is 518 g/mol. The first-order valence-corrected chi connectivity index (χ1v) is 11.4. The first kappa shape index (κ1) is 29.6. The third kappa shape index (κ3) is 11.7. The van der Waals surface area contributed by atoms with Crippen LogP contribution in [0.2, 0.25) is 0 Å². The molecule has 11 nitrogen and oxygen atoms in total. The van der Waals surface area contributed by atoms with Gasteiger partial charge in [0.2, 0.25) is 0 Å². The lowest BCUT2D eigenvalue weighted by Crippen LogP contribution is -2.21. The lowest BCUT2D eigenvalue weighted by molar-refractivity contribution is -0.167. The van der Waals surface area contributed by atoms with Crippen LogP contribution in [-0.2, 0) is 29.2 Å². The topological polar surface area (TPSA) is 193 Å². The maximum atomic E-state index is 11.2. The number of carboxylic acid groups (broad SMARTS) is 2. The second-order valence-electron chi connectivity index (χ2n) is 6.64. The normalized spacial score (nSPS) is 10.8. The summed E-state index contributed by atoms with van der Waals surface area (Å²) in [6, 6.07) is 23.6. The summed E-state index contributed by atoms with van der Waals surface area (Å²) in [5.41, 5.74) is 0.595. The molecule has 3 aromatic rings. The number of aliphatic carboxylic acids is 1. The van der Waals surface area contributed by atoms with Gasteiger partial charge in [0.15, 0.2) is 6.10 Å². The van der Waals surface area contributed by atoms with Gasteiger partial charge in [0, 0.05) is 0 Å². The van der Waals surface area contributed by atoms with Crippen LogP contribution in [0.3, 0.4) is 0 Å². The molecule has 0 unspecified atom stereocenters. The van der Waals surface area contributed by atoms with Gasteiger partial charge in [-0.2, -0.15) is 8.42 Å². The number of carboxylic acids is 2. The van der Waals surface area contributed by atoms with Crippen molar-refractivity contribution in [3.63, 3.8) is 0 Å². The van der Waals surface area contributed by atoms with Gasteiger partial charge in [0.25, 0.3) is 10.1 Å². The number of aliphatic hydroxyl groups is 1. The molecule has 3 rings (SSSR count). The van der Waals surface area contributed by atoms with Crippen molar-refractivity contribution in [3.05, 3.63) is 102 Å². The number of aromatic carboxylic acids is 1. The van der Waals surface area contributed by atoms with Crippen LogP contribution in [0, 0.1) is 0 Å². The van der Waals surface area contributed by atoms with Crippen LogP contribution in [0.4, 0.5) is 0 Å². The van der Waals surface area contributed by atoms with E-state index in [9.17, 15) is 32.7 Å².